The molecule has 2 aromatic carbocycles. The predicted octanol–water partition coefficient (Wildman–Crippen LogP) is 3.67. The van der Waals surface area contributed by atoms with E-state index in [1.54, 1.807) is 0 Å². The molecule has 126 valence electrons. The predicted molar refractivity (Wildman–Crippen MR) is 94.3 cm³/mol. The normalized spacial score (nSPS) is 16.8. The third-order valence-electron chi connectivity index (χ3n) is 4.11. The summed E-state index contributed by atoms with van der Waals surface area (Å²) in [6, 6.07) is 19.4. The first-order valence-corrected chi connectivity index (χ1v) is 8.48. The number of hydrogen-bond acceptors (Lipinski definition) is 3. The molecule has 2 aromatic rings. The number of ether oxygens (including phenoxy) is 2. The highest BCUT2D eigenvalue weighted by Crippen LogP contribution is 2.20. The summed E-state index contributed by atoms with van der Waals surface area (Å²) >= 11 is 0. The third kappa shape index (κ3) is 4.59. The summed E-state index contributed by atoms with van der Waals surface area (Å²) in [5.41, 5.74) is 0.915. The summed E-state index contributed by atoms with van der Waals surface area (Å²) in [4.78, 5) is 14.5. The molecule has 3 rings (SSSR count). The molecule has 1 aliphatic heterocycles. The van der Waals surface area contributed by atoms with Crippen LogP contribution in [-0.2, 0) is 9.53 Å². The van der Waals surface area contributed by atoms with Crippen LogP contribution in [0.2, 0.25) is 0 Å². The molecule has 4 nitrogen and oxygen atoms in total. The molecule has 0 spiro atoms. The van der Waals surface area contributed by atoms with Crippen molar-refractivity contribution in [3.63, 3.8) is 0 Å². The zero-order chi connectivity index (χ0) is 16.6. The summed E-state index contributed by atoms with van der Waals surface area (Å²) in [5.74, 6) is 0.850. The fraction of sp³-hybridized carbons (Fsp3) is 0.350. The van der Waals surface area contributed by atoms with E-state index in [0.717, 1.165) is 30.9 Å². The Morgan fingerprint density at radius 3 is 2.46 bits per heavy atom. The van der Waals surface area contributed by atoms with Gasteiger partial charge in [0.05, 0.1) is 25.7 Å². The van der Waals surface area contributed by atoms with E-state index in [9.17, 15) is 4.79 Å². The average molecular weight is 325 g/mol. The van der Waals surface area contributed by atoms with E-state index in [1.165, 1.54) is 0 Å². The average Bonchev–Trinajstić information content (AvgIpc) is 3.14. The minimum Gasteiger partial charge on any atom is -0.493 e. The van der Waals surface area contributed by atoms with E-state index in [4.69, 9.17) is 9.47 Å². The number of rotatable bonds is 7. The molecule has 1 amide bonds. The first-order valence-electron chi connectivity index (χ1n) is 8.48. The maximum atomic E-state index is 12.7. The van der Waals surface area contributed by atoms with Gasteiger partial charge in [-0.25, -0.2) is 0 Å². The number of carbonyl (C=O) groups is 1. The highest BCUT2D eigenvalue weighted by atomic mass is 16.5. The van der Waals surface area contributed by atoms with Crippen LogP contribution in [0.5, 0.6) is 5.75 Å². The minimum absolute atomic E-state index is 0.0626. The van der Waals surface area contributed by atoms with Gasteiger partial charge in [0.2, 0.25) is 5.91 Å². The van der Waals surface area contributed by atoms with Crippen LogP contribution >= 0.6 is 0 Å². The van der Waals surface area contributed by atoms with Gasteiger partial charge in [0.25, 0.3) is 0 Å². The van der Waals surface area contributed by atoms with Gasteiger partial charge in [-0.3, -0.25) is 4.79 Å². The lowest BCUT2D eigenvalue weighted by Crippen LogP contribution is -2.38. The van der Waals surface area contributed by atoms with Crippen LogP contribution in [0.15, 0.2) is 60.7 Å². The number of nitrogens with zero attached hydrogens (tertiary/aromatic N) is 1. The SMILES string of the molecule is O=C(CCOc1ccccc1)N(CC1CCCO1)c1ccccc1. The van der Waals surface area contributed by atoms with Gasteiger partial charge >= 0.3 is 0 Å². The smallest absolute Gasteiger partial charge is 0.230 e. The van der Waals surface area contributed by atoms with Crippen molar-refractivity contribution < 1.29 is 14.3 Å². The molecule has 0 bridgehead atoms. The van der Waals surface area contributed by atoms with E-state index >= 15 is 0 Å². The van der Waals surface area contributed by atoms with Gasteiger partial charge in [-0.1, -0.05) is 36.4 Å². The quantitative estimate of drug-likeness (QED) is 0.780. The topological polar surface area (TPSA) is 38.8 Å². The first-order chi connectivity index (χ1) is 11.8. The Labute approximate surface area is 143 Å². The molecule has 1 saturated heterocycles. The highest BCUT2D eigenvalue weighted by molar-refractivity contribution is 5.93. The van der Waals surface area contributed by atoms with Crippen molar-refractivity contribution >= 4 is 11.6 Å². The van der Waals surface area contributed by atoms with E-state index in [-0.39, 0.29) is 12.0 Å². The van der Waals surface area contributed by atoms with Gasteiger partial charge in [-0.2, -0.15) is 0 Å². The summed E-state index contributed by atoms with van der Waals surface area (Å²) in [6.45, 7) is 1.77. The Bertz CT molecular complexity index is 624. The molecule has 0 N–H and O–H groups in total. The Balaban J connectivity index is 1.60. The Kier molecular flexibility index (Phi) is 5.85. The zero-order valence-electron chi connectivity index (χ0n) is 13.8. The maximum Gasteiger partial charge on any atom is 0.230 e. The van der Waals surface area contributed by atoms with Crippen LogP contribution < -0.4 is 9.64 Å². The van der Waals surface area contributed by atoms with Crippen molar-refractivity contribution in [2.45, 2.75) is 25.4 Å². The number of para-hydroxylation sites is 2. The second-order valence-corrected chi connectivity index (χ2v) is 5.89. The maximum absolute atomic E-state index is 12.7. The lowest BCUT2D eigenvalue weighted by Gasteiger charge is -2.25. The molecule has 0 radical (unpaired) electrons. The molecular formula is C20H23NO3. The minimum atomic E-state index is 0.0626. The molecule has 24 heavy (non-hydrogen) atoms. The Morgan fingerprint density at radius 2 is 1.79 bits per heavy atom. The summed E-state index contributed by atoms with van der Waals surface area (Å²) in [7, 11) is 0. The van der Waals surface area contributed by atoms with Crippen molar-refractivity contribution in [3.8, 4) is 5.75 Å². The fourth-order valence-corrected chi connectivity index (χ4v) is 2.86. The van der Waals surface area contributed by atoms with Crippen LogP contribution in [0.1, 0.15) is 19.3 Å². The molecule has 0 aliphatic carbocycles. The zero-order valence-corrected chi connectivity index (χ0v) is 13.8. The molecule has 1 aliphatic rings. The number of amides is 1. The Hall–Kier alpha value is -2.33. The van der Waals surface area contributed by atoms with Crippen LogP contribution in [0.4, 0.5) is 5.69 Å². The molecule has 4 heteroatoms. The summed E-state index contributed by atoms with van der Waals surface area (Å²) in [6.07, 6.45) is 2.55. The standard InChI is InChI=1S/C20H23NO3/c22-20(13-15-24-18-10-5-2-6-11-18)21(16-19-12-7-14-23-19)17-8-3-1-4-9-17/h1-6,8-11,19H,7,12-16H2. The molecule has 0 aromatic heterocycles. The molecule has 0 saturated carbocycles. The molecule has 1 unspecified atom stereocenters. The second kappa shape index (κ2) is 8.50. The van der Waals surface area contributed by atoms with E-state index < -0.39 is 0 Å². The first kappa shape index (κ1) is 16.5. The van der Waals surface area contributed by atoms with Crippen LogP contribution in [0, 0.1) is 0 Å². The van der Waals surface area contributed by atoms with Gasteiger partial charge in [0.15, 0.2) is 0 Å². The van der Waals surface area contributed by atoms with Crippen LogP contribution in [-0.4, -0.2) is 31.8 Å². The molecule has 1 atom stereocenters. The number of benzene rings is 2. The van der Waals surface area contributed by atoms with Crippen molar-refractivity contribution in [2.24, 2.45) is 0 Å². The molecular weight excluding hydrogens is 302 g/mol. The largest absolute Gasteiger partial charge is 0.493 e. The van der Waals surface area contributed by atoms with Crippen LogP contribution in [0.3, 0.4) is 0 Å². The molecule has 1 fully saturated rings. The fourth-order valence-electron chi connectivity index (χ4n) is 2.86. The highest BCUT2D eigenvalue weighted by Gasteiger charge is 2.23. The van der Waals surface area contributed by atoms with Crippen molar-refractivity contribution in [1.29, 1.82) is 0 Å². The number of carbonyl (C=O) groups excluding carboxylic acids is 1. The van der Waals surface area contributed by atoms with Crippen molar-refractivity contribution in [3.05, 3.63) is 60.7 Å². The van der Waals surface area contributed by atoms with Crippen LogP contribution in [0.25, 0.3) is 0 Å². The van der Waals surface area contributed by atoms with Gasteiger partial charge in [-0.05, 0) is 37.1 Å². The Morgan fingerprint density at radius 1 is 1.08 bits per heavy atom. The number of anilines is 1. The summed E-state index contributed by atoms with van der Waals surface area (Å²) in [5, 5.41) is 0. The monoisotopic (exact) mass is 325 g/mol. The third-order valence-corrected chi connectivity index (χ3v) is 4.11. The van der Waals surface area contributed by atoms with Crippen molar-refractivity contribution in [2.75, 3.05) is 24.7 Å². The van der Waals surface area contributed by atoms with E-state index in [1.807, 2.05) is 65.6 Å². The van der Waals surface area contributed by atoms with E-state index in [2.05, 4.69) is 0 Å². The lowest BCUT2D eigenvalue weighted by atomic mass is 10.2. The van der Waals surface area contributed by atoms with Gasteiger partial charge in [-0.15, -0.1) is 0 Å². The summed E-state index contributed by atoms with van der Waals surface area (Å²) < 4.78 is 11.4. The van der Waals surface area contributed by atoms with Gasteiger partial charge < -0.3 is 14.4 Å². The number of hydrogen-bond donors (Lipinski definition) is 0. The second-order valence-electron chi connectivity index (χ2n) is 5.89. The lowest BCUT2D eigenvalue weighted by molar-refractivity contribution is -0.119. The van der Waals surface area contributed by atoms with E-state index in [0.29, 0.717) is 19.6 Å². The van der Waals surface area contributed by atoms with Gasteiger partial charge in [0.1, 0.15) is 5.75 Å². The molecule has 1 heterocycles. The van der Waals surface area contributed by atoms with Crippen molar-refractivity contribution in [1.82, 2.24) is 0 Å². The van der Waals surface area contributed by atoms with Gasteiger partial charge in [0, 0.05) is 12.3 Å².